The molecule has 3 N–H and O–H groups in total. The average molecular weight is 265 g/mol. The lowest BCUT2D eigenvalue weighted by molar-refractivity contribution is 0.877. The number of aromatic nitrogens is 2. The van der Waals surface area contributed by atoms with E-state index in [-0.39, 0.29) is 5.84 Å². The second-order valence-electron chi connectivity index (χ2n) is 3.03. The molecule has 0 bridgehead atoms. The van der Waals surface area contributed by atoms with Crippen LogP contribution in [-0.2, 0) is 0 Å². The molecule has 0 saturated carbocycles. The maximum Gasteiger partial charge on any atom is 0.124 e. The predicted octanol–water partition coefficient (Wildman–Crippen LogP) is 1.92. The Morgan fingerprint density at radius 3 is 2.87 bits per heavy atom. The van der Waals surface area contributed by atoms with E-state index >= 15 is 0 Å². The van der Waals surface area contributed by atoms with Crippen LogP contribution in [0.25, 0.3) is 5.69 Å². The molecule has 76 valence electrons. The second-order valence-corrected chi connectivity index (χ2v) is 3.94. The van der Waals surface area contributed by atoms with Gasteiger partial charge in [0.25, 0.3) is 0 Å². The zero-order chi connectivity index (χ0) is 10.8. The first-order chi connectivity index (χ1) is 7.18. The van der Waals surface area contributed by atoms with E-state index in [0.717, 1.165) is 10.2 Å². The fraction of sp³-hybridized carbons (Fsp3) is 0. The van der Waals surface area contributed by atoms with Gasteiger partial charge in [-0.05, 0) is 24.3 Å². The lowest BCUT2D eigenvalue weighted by Crippen LogP contribution is -2.14. The van der Waals surface area contributed by atoms with Gasteiger partial charge < -0.3 is 5.73 Å². The number of rotatable bonds is 2. The predicted molar refractivity (Wildman–Crippen MR) is 62.3 cm³/mol. The summed E-state index contributed by atoms with van der Waals surface area (Å²) in [6.45, 7) is 0. The number of hydrogen-bond donors (Lipinski definition) is 2. The first-order valence-corrected chi connectivity index (χ1v) is 5.12. The van der Waals surface area contributed by atoms with Crippen LogP contribution >= 0.6 is 15.9 Å². The Kier molecular flexibility index (Phi) is 2.55. The monoisotopic (exact) mass is 264 g/mol. The Morgan fingerprint density at radius 1 is 1.47 bits per heavy atom. The second kappa shape index (κ2) is 3.86. The Hall–Kier alpha value is -1.62. The van der Waals surface area contributed by atoms with Crippen LogP contribution in [0.5, 0.6) is 0 Å². The van der Waals surface area contributed by atoms with E-state index in [1.54, 1.807) is 16.9 Å². The number of hydrogen-bond acceptors (Lipinski definition) is 2. The first-order valence-electron chi connectivity index (χ1n) is 4.32. The van der Waals surface area contributed by atoms with Gasteiger partial charge in [-0.2, -0.15) is 5.10 Å². The summed E-state index contributed by atoms with van der Waals surface area (Å²) in [7, 11) is 0. The zero-order valence-corrected chi connectivity index (χ0v) is 9.40. The standard InChI is InChI=1S/C10H9BrN4/c11-7-2-3-8(10(12)13)9(6-7)15-5-1-4-14-15/h1-6H,(H3,12,13). The average Bonchev–Trinajstić information content (AvgIpc) is 2.69. The van der Waals surface area contributed by atoms with Gasteiger partial charge in [-0.25, -0.2) is 4.68 Å². The summed E-state index contributed by atoms with van der Waals surface area (Å²) in [5, 5.41) is 11.6. The van der Waals surface area contributed by atoms with Crippen molar-refractivity contribution in [2.45, 2.75) is 0 Å². The molecule has 0 fully saturated rings. The molecule has 0 atom stereocenters. The van der Waals surface area contributed by atoms with Crippen LogP contribution in [-0.4, -0.2) is 15.6 Å². The van der Waals surface area contributed by atoms with Crippen molar-refractivity contribution in [2.24, 2.45) is 5.73 Å². The number of nitrogens with zero attached hydrogens (tertiary/aromatic N) is 2. The van der Waals surface area contributed by atoms with Crippen molar-refractivity contribution >= 4 is 21.8 Å². The van der Waals surface area contributed by atoms with Crippen LogP contribution in [0.2, 0.25) is 0 Å². The molecule has 5 heteroatoms. The van der Waals surface area contributed by atoms with Gasteiger partial charge in [-0.3, -0.25) is 5.41 Å². The normalized spacial score (nSPS) is 10.2. The SMILES string of the molecule is N=C(N)c1ccc(Br)cc1-n1cccn1. The Morgan fingerprint density at radius 2 is 2.27 bits per heavy atom. The molecule has 0 amide bonds. The van der Waals surface area contributed by atoms with E-state index in [2.05, 4.69) is 21.0 Å². The smallest absolute Gasteiger partial charge is 0.124 e. The highest BCUT2D eigenvalue weighted by Crippen LogP contribution is 2.19. The Balaban J connectivity index is 2.63. The van der Waals surface area contributed by atoms with Crippen LogP contribution in [0.15, 0.2) is 41.1 Å². The molecular formula is C10H9BrN4. The van der Waals surface area contributed by atoms with Crippen molar-refractivity contribution in [1.29, 1.82) is 5.41 Å². The molecular weight excluding hydrogens is 256 g/mol. The summed E-state index contributed by atoms with van der Waals surface area (Å²) in [4.78, 5) is 0. The van der Waals surface area contributed by atoms with E-state index in [1.807, 2.05) is 24.4 Å². The molecule has 0 aliphatic carbocycles. The maximum absolute atomic E-state index is 7.47. The molecule has 4 nitrogen and oxygen atoms in total. The lowest BCUT2D eigenvalue weighted by atomic mass is 10.1. The third-order valence-electron chi connectivity index (χ3n) is 2.00. The van der Waals surface area contributed by atoms with Crippen LogP contribution in [0.1, 0.15) is 5.56 Å². The van der Waals surface area contributed by atoms with Crippen LogP contribution in [0.3, 0.4) is 0 Å². The van der Waals surface area contributed by atoms with E-state index in [4.69, 9.17) is 11.1 Å². The van der Waals surface area contributed by atoms with E-state index in [9.17, 15) is 0 Å². The fourth-order valence-electron chi connectivity index (χ4n) is 1.33. The topological polar surface area (TPSA) is 67.7 Å². The fourth-order valence-corrected chi connectivity index (χ4v) is 1.68. The van der Waals surface area contributed by atoms with Crippen molar-refractivity contribution in [3.8, 4) is 5.69 Å². The largest absolute Gasteiger partial charge is 0.384 e. The molecule has 0 unspecified atom stereocenters. The Labute approximate surface area is 95.4 Å². The first kappa shape index (κ1) is 9.92. The van der Waals surface area contributed by atoms with E-state index in [1.165, 1.54) is 0 Å². The van der Waals surface area contributed by atoms with Gasteiger partial charge in [0.15, 0.2) is 0 Å². The summed E-state index contributed by atoms with van der Waals surface area (Å²) < 4.78 is 2.61. The molecule has 0 spiro atoms. The van der Waals surface area contributed by atoms with Crippen LogP contribution in [0.4, 0.5) is 0 Å². The van der Waals surface area contributed by atoms with E-state index < -0.39 is 0 Å². The zero-order valence-electron chi connectivity index (χ0n) is 7.81. The molecule has 0 aliphatic heterocycles. The van der Waals surface area contributed by atoms with Crippen LogP contribution in [0, 0.1) is 5.41 Å². The summed E-state index contributed by atoms with van der Waals surface area (Å²) in [6.07, 6.45) is 3.50. The van der Waals surface area contributed by atoms with Crippen LogP contribution < -0.4 is 5.73 Å². The summed E-state index contributed by atoms with van der Waals surface area (Å²) in [5.74, 6) is 0.0352. The van der Waals surface area contributed by atoms with Crippen molar-refractivity contribution in [1.82, 2.24) is 9.78 Å². The van der Waals surface area contributed by atoms with Gasteiger partial charge in [0.2, 0.25) is 0 Å². The lowest BCUT2D eigenvalue weighted by Gasteiger charge is -2.08. The highest BCUT2D eigenvalue weighted by Gasteiger charge is 2.07. The molecule has 1 aromatic carbocycles. The third-order valence-corrected chi connectivity index (χ3v) is 2.49. The van der Waals surface area contributed by atoms with Crippen molar-refractivity contribution in [2.75, 3.05) is 0 Å². The van der Waals surface area contributed by atoms with Gasteiger partial charge in [-0.15, -0.1) is 0 Å². The minimum Gasteiger partial charge on any atom is -0.384 e. The van der Waals surface area contributed by atoms with Gasteiger partial charge in [0, 0.05) is 22.4 Å². The summed E-state index contributed by atoms with van der Waals surface area (Å²) >= 11 is 3.38. The highest BCUT2D eigenvalue weighted by molar-refractivity contribution is 9.10. The van der Waals surface area contributed by atoms with Gasteiger partial charge in [0.1, 0.15) is 5.84 Å². The quantitative estimate of drug-likeness (QED) is 0.643. The van der Waals surface area contributed by atoms with Gasteiger partial charge in [-0.1, -0.05) is 15.9 Å². The number of nitrogens with two attached hydrogens (primary N) is 1. The number of amidine groups is 1. The molecule has 15 heavy (non-hydrogen) atoms. The summed E-state index contributed by atoms with van der Waals surface area (Å²) in [5.41, 5.74) is 6.96. The number of nitrogens with one attached hydrogen (secondary N) is 1. The number of benzene rings is 1. The molecule has 0 saturated heterocycles. The number of nitrogen functional groups attached to an aromatic ring is 1. The molecule has 0 radical (unpaired) electrons. The highest BCUT2D eigenvalue weighted by atomic mass is 79.9. The van der Waals surface area contributed by atoms with Gasteiger partial charge in [0.05, 0.1) is 5.69 Å². The molecule has 2 rings (SSSR count). The third kappa shape index (κ3) is 1.92. The molecule has 2 aromatic rings. The van der Waals surface area contributed by atoms with Crippen molar-refractivity contribution in [3.63, 3.8) is 0 Å². The minimum atomic E-state index is 0.0352. The molecule has 1 heterocycles. The summed E-state index contributed by atoms with van der Waals surface area (Å²) in [6, 6.07) is 7.35. The Bertz CT molecular complexity index is 490. The maximum atomic E-state index is 7.47. The minimum absolute atomic E-state index is 0.0352. The van der Waals surface area contributed by atoms with E-state index in [0.29, 0.717) is 5.56 Å². The van der Waals surface area contributed by atoms with Crippen molar-refractivity contribution < 1.29 is 0 Å². The van der Waals surface area contributed by atoms with Crippen molar-refractivity contribution in [3.05, 3.63) is 46.7 Å². The van der Waals surface area contributed by atoms with Gasteiger partial charge >= 0.3 is 0 Å². The molecule has 0 aliphatic rings. The molecule has 1 aromatic heterocycles. The number of halogens is 1.